The Labute approximate surface area is 176 Å². The van der Waals surface area contributed by atoms with Gasteiger partial charge >= 0.3 is 0 Å². The van der Waals surface area contributed by atoms with Crippen molar-refractivity contribution >= 4 is 0 Å². The maximum Gasteiger partial charge on any atom is -0.00360 e. The maximum absolute atomic E-state index is 4.42. The summed E-state index contributed by atoms with van der Waals surface area (Å²) in [5.74, 6) is 6.57. The summed E-state index contributed by atoms with van der Waals surface area (Å²) < 4.78 is 0. The van der Waals surface area contributed by atoms with Crippen LogP contribution in [-0.4, -0.2) is 0 Å². The minimum Gasteiger partial charge on any atom is -0.102 e. The van der Waals surface area contributed by atoms with E-state index in [0.717, 1.165) is 41.4 Å². The second kappa shape index (κ2) is 7.16. The zero-order valence-electron chi connectivity index (χ0n) is 19.9. The highest BCUT2D eigenvalue weighted by molar-refractivity contribution is 5.22. The molecular formula is C28H48. The van der Waals surface area contributed by atoms with Crippen LogP contribution in [0.3, 0.4) is 0 Å². The van der Waals surface area contributed by atoms with E-state index in [1.54, 1.807) is 0 Å². The lowest BCUT2D eigenvalue weighted by Crippen LogP contribution is -2.44. The van der Waals surface area contributed by atoms with Crippen LogP contribution in [0.25, 0.3) is 0 Å². The van der Waals surface area contributed by atoms with Crippen molar-refractivity contribution in [2.75, 3.05) is 0 Å². The lowest BCUT2D eigenvalue weighted by molar-refractivity contribution is -0.0193. The molecule has 0 aliphatic heterocycles. The molecule has 4 saturated carbocycles. The van der Waals surface area contributed by atoms with Crippen LogP contribution in [0.15, 0.2) is 12.7 Å². The molecule has 4 aliphatic rings. The molecule has 4 fully saturated rings. The third-order valence-corrected chi connectivity index (χ3v) is 11.4. The highest BCUT2D eigenvalue weighted by Gasteiger charge is 2.69. The minimum absolute atomic E-state index is 0.439. The Morgan fingerprint density at radius 3 is 2.39 bits per heavy atom. The van der Waals surface area contributed by atoms with Crippen molar-refractivity contribution in [3.8, 4) is 0 Å². The molecule has 9 atom stereocenters. The number of rotatable bonds is 6. The van der Waals surface area contributed by atoms with Gasteiger partial charge in [-0.3, -0.25) is 0 Å². The summed E-state index contributed by atoms with van der Waals surface area (Å²) in [4.78, 5) is 0. The Morgan fingerprint density at radius 1 is 0.964 bits per heavy atom. The molecule has 0 aromatic carbocycles. The van der Waals surface area contributed by atoms with Crippen LogP contribution in [0, 0.1) is 57.7 Å². The molecule has 0 bridgehead atoms. The summed E-state index contributed by atoms with van der Waals surface area (Å²) in [5.41, 5.74) is 1.61. The van der Waals surface area contributed by atoms with E-state index in [1.165, 1.54) is 64.2 Å². The quantitative estimate of drug-likeness (QED) is 0.402. The van der Waals surface area contributed by atoms with Gasteiger partial charge in [0, 0.05) is 0 Å². The SMILES string of the molecule is C=C[C@]12C[C@H]3[C@@H]4CC[C@H]([C@H](C)CCCC(C)C)[C@@]4(C)CC[C@@H]3[C@@]1(C)CC[C@@H]2C. The van der Waals surface area contributed by atoms with Gasteiger partial charge in [-0.25, -0.2) is 0 Å². The molecule has 0 nitrogen and oxygen atoms in total. The van der Waals surface area contributed by atoms with Gasteiger partial charge in [-0.05, 0) is 103 Å². The summed E-state index contributed by atoms with van der Waals surface area (Å²) >= 11 is 0. The zero-order chi connectivity index (χ0) is 20.3. The number of hydrogen-bond donors (Lipinski definition) is 0. The molecule has 0 aromatic rings. The predicted molar refractivity (Wildman–Crippen MR) is 122 cm³/mol. The second-order valence-electron chi connectivity index (χ2n) is 12.7. The van der Waals surface area contributed by atoms with Crippen molar-refractivity contribution in [2.45, 2.75) is 106 Å². The first-order valence-electron chi connectivity index (χ1n) is 12.8. The van der Waals surface area contributed by atoms with Crippen molar-refractivity contribution in [3.63, 3.8) is 0 Å². The molecule has 0 heterocycles. The first kappa shape index (κ1) is 21.0. The van der Waals surface area contributed by atoms with E-state index in [0.29, 0.717) is 16.2 Å². The first-order chi connectivity index (χ1) is 13.2. The summed E-state index contributed by atoms with van der Waals surface area (Å²) in [6.07, 6.45) is 17.2. The Morgan fingerprint density at radius 2 is 1.71 bits per heavy atom. The van der Waals surface area contributed by atoms with Crippen LogP contribution in [-0.2, 0) is 0 Å². The molecule has 4 aliphatic carbocycles. The molecule has 4 rings (SSSR count). The van der Waals surface area contributed by atoms with Gasteiger partial charge in [0.2, 0.25) is 0 Å². The van der Waals surface area contributed by atoms with Crippen molar-refractivity contribution < 1.29 is 0 Å². The first-order valence-corrected chi connectivity index (χ1v) is 12.8. The van der Waals surface area contributed by atoms with Gasteiger partial charge in [0.1, 0.15) is 0 Å². The van der Waals surface area contributed by atoms with Crippen molar-refractivity contribution in [2.24, 2.45) is 57.7 Å². The van der Waals surface area contributed by atoms with Crippen LogP contribution in [0.4, 0.5) is 0 Å². The Balaban J connectivity index is 1.53. The van der Waals surface area contributed by atoms with E-state index < -0.39 is 0 Å². The fourth-order valence-electron chi connectivity index (χ4n) is 9.83. The summed E-state index contributed by atoms with van der Waals surface area (Å²) in [6, 6.07) is 0. The number of hydrogen-bond acceptors (Lipinski definition) is 0. The minimum atomic E-state index is 0.439. The van der Waals surface area contributed by atoms with Crippen LogP contribution in [0.5, 0.6) is 0 Å². The van der Waals surface area contributed by atoms with Gasteiger partial charge in [-0.15, -0.1) is 6.58 Å². The van der Waals surface area contributed by atoms with Gasteiger partial charge < -0.3 is 0 Å². The third kappa shape index (κ3) is 2.75. The van der Waals surface area contributed by atoms with E-state index in [1.807, 2.05) is 0 Å². The molecule has 0 N–H and O–H groups in total. The van der Waals surface area contributed by atoms with Crippen molar-refractivity contribution in [3.05, 3.63) is 12.7 Å². The standard InChI is InChI=1S/C28H48/c1-8-28-18-22-24-13-12-23(20(4)11-9-10-19(2)3)26(24,6)16-15-25(22)27(28,7)17-14-21(28)5/h8,19-25H,1,9-18H2,2-7H3/t20-,21+,22+,23-,24+,25+,26-,27-,28-/m1/s1. The molecular weight excluding hydrogens is 336 g/mol. The molecule has 160 valence electrons. The summed E-state index contributed by atoms with van der Waals surface area (Å²) in [5, 5.41) is 0. The van der Waals surface area contributed by atoms with Gasteiger partial charge in [0.15, 0.2) is 0 Å². The van der Waals surface area contributed by atoms with Gasteiger partial charge in [-0.1, -0.05) is 66.9 Å². The monoisotopic (exact) mass is 384 g/mol. The highest BCUT2D eigenvalue weighted by atomic mass is 14.7. The molecule has 0 spiro atoms. The normalized spacial score (nSPS) is 51.0. The smallest absolute Gasteiger partial charge is 0.00360 e. The maximum atomic E-state index is 4.42. The summed E-state index contributed by atoms with van der Waals surface area (Å²) in [6.45, 7) is 19.7. The van der Waals surface area contributed by atoms with E-state index in [-0.39, 0.29) is 0 Å². The molecule has 28 heavy (non-hydrogen) atoms. The highest BCUT2D eigenvalue weighted by Crippen LogP contribution is 2.76. The third-order valence-electron chi connectivity index (χ3n) is 11.4. The number of allylic oxidation sites excluding steroid dienone is 1. The Kier molecular flexibility index (Phi) is 5.37. The molecule has 0 saturated heterocycles. The van der Waals surface area contributed by atoms with E-state index >= 15 is 0 Å². The fraction of sp³-hybridized carbons (Fsp3) is 0.929. The lowest BCUT2D eigenvalue weighted by atomic mass is 9.54. The largest absolute Gasteiger partial charge is 0.102 e. The Hall–Kier alpha value is -0.260. The molecule has 0 radical (unpaired) electrons. The number of fused-ring (bicyclic) bond motifs is 5. The average Bonchev–Trinajstić information content (AvgIpc) is 3.20. The topological polar surface area (TPSA) is 0 Å². The molecule has 0 amide bonds. The second-order valence-corrected chi connectivity index (χ2v) is 12.7. The average molecular weight is 385 g/mol. The summed E-state index contributed by atoms with van der Waals surface area (Å²) in [7, 11) is 0. The molecule has 0 heteroatoms. The van der Waals surface area contributed by atoms with Crippen LogP contribution in [0.2, 0.25) is 0 Å². The van der Waals surface area contributed by atoms with Crippen LogP contribution >= 0.6 is 0 Å². The Bertz CT molecular complexity index is 589. The fourth-order valence-corrected chi connectivity index (χ4v) is 9.83. The van der Waals surface area contributed by atoms with E-state index in [9.17, 15) is 0 Å². The van der Waals surface area contributed by atoms with Crippen LogP contribution < -0.4 is 0 Å². The van der Waals surface area contributed by atoms with Gasteiger partial charge in [0.05, 0.1) is 0 Å². The zero-order valence-corrected chi connectivity index (χ0v) is 19.9. The molecule has 0 aromatic heterocycles. The van der Waals surface area contributed by atoms with Gasteiger partial charge in [0.25, 0.3) is 0 Å². The van der Waals surface area contributed by atoms with E-state index in [2.05, 4.69) is 54.2 Å². The van der Waals surface area contributed by atoms with Crippen molar-refractivity contribution in [1.29, 1.82) is 0 Å². The van der Waals surface area contributed by atoms with Gasteiger partial charge in [-0.2, -0.15) is 0 Å². The predicted octanol–water partition coefficient (Wildman–Crippen LogP) is 8.52. The lowest BCUT2D eigenvalue weighted by Gasteiger charge is -2.51. The van der Waals surface area contributed by atoms with E-state index in [4.69, 9.17) is 0 Å². The molecule has 0 unspecified atom stereocenters. The van der Waals surface area contributed by atoms with Crippen LogP contribution in [0.1, 0.15) is 106 Å². The van der Waals surface area contributed by atoms with Crippen molar-refractivity contribution in [1.82, 2.24) is 0 Å².